The van der Waals surface area contributed by atoms with Crippen molar-refractivity contribution in [3.8, 4) is 5.88 Å². The molecule has 2 amide bonds. The average molecular weight is 487 g/mol. The number of halogens is 3. The number of ether oxygens (including phenoxy) is 2. The van der Waals surface area contributed by atoms with E-state index in [1.54, 1.807) is 24.3 Å². The predicted octanol–water partition coefficient (Wildman–Crippen LogP) is 4.18. The highest BCUT2D eigenvalue weighted by Crippen LogP contribution is 2.20. The van der Waals surface area contributed by atoms with Gasteiger partial charge in [-0.05, 0) is 17.2 Å². The van der Waals surface area contributed by atoms with Gasteiger partial charge in [-0.1, -0.05) is 66.7 Å². The number of benzene rings is 2. The highest BCUT2D eigenvalue weighted by Gasteiger charge is 2.29. The molecular formula is C25H24F3N3O4. The van der Waals surface area contributed by atoms with Gasteiger partial charge in [0.15, 0.2) is 6.61 Å². The molecule has 1 atom stereocenters. The van der Waals surface area contributed by atoms with E-state index in [1.165, 1.54) is 18.3 Å². The van der Waals surface area contributed by atoms with Crippen molar-refractivity contribution < 1.29 is 32.2 Å². The summed E-state index contributed by atoms with van der Waals surface area (Å²) in [6.45, 7) is -1.62. The Hall–Kier alpha value is -4.08. The summed E-state index contributed by atoms with van der Waals surface area (Å²) in [5, 5.41) is 5.19. The van der Waals surface area contributed by atoms with E-state index in [4.69, 9.17) is 9.47 Å². The maximum absolute atomic E-state index is 12.9. The highest BCUT2D eigenvalue weighted by atomic mass is 19.4. The van der Waals surface area contributed by atoms with Gasteiger partial charge in [0.1, 0.15) is 12.6 Å². The van der Waals surface area contributed by atoms with Crippen LogP contribution in [0.25, 0.3) is 0 Å². The topological polar surface area (TPSA) is 89.6 Å². The van der Waals surface area contributed by atoms with E-state index in [1.807, 2.05) is 36.4 Å². The Kier molecular flexibility index (Phi) is 9.05. The van der Waals surface area contributed by atoms with Crippen LogP contribution in [0.15, 0.2) is 79.0 Å². The zero-order valence-corrected chi connectivity index (χ0v) is 18.6. The summed E-state index contributed by atoms with van der Waals surface area (Å²) in [7, 11) is 0. The average Bonchev–Trinajstić information content (AvgIpc) is 2.85. The van der Waals surface area contributed by atoms with Gasteiger partial charge in [-0.15, -0.1) is 0 Å². The summed E-state index contributed by atoms with van der Waals surface area (Å²) in [4.78, 5) is 29.1. The molecule has 3 rings (SSSR count). The molecule has 7 nitrogen and oxygen atoms in total. The second kappa shape index (κ2) is 12.4. The highest BCUT2D eigenvalue weighted by molar-refractivity contribution is 5.86. The number of hydrogen-bond donors (Lipinski definition) is 2. The molecule has 1 heterocycles. The Balaban J connectivity index is 1.64. The number of carbonyl (C=O) groups excluding carboxylic acids is 2. The normalized spacial score (nSPS) is 11.9. The number of pyridine rings is 1. The summed E-state index contributed by atoms with van der Waals surface area (Å²) in [5.74, 6) is -0.781. The van der Waals surface area contributed by atoms with Crippen LogP contribution in [0.4, 0.5) is 18.0 Å². The van der Waals surface area contributed by atoms with Crippen LogP contribution in [0.2, 0.25) is 0 Å². The lowest BCUT2D eigenvalue weighted by atomic mass is 10.1. The Morgan fingerprint density at radius 1 is 0.914 bits per heavy atom. The molecule has 3 aromatic rings. The first-order valence-corrected chi connectivity index (χ1v) is 10.7. The fourth-order valence-electron chi connectivity index (χ4n) is 3.11. The number of nitrogens with zero attached hydrogens (tertiary/aromatic N) is 1. The number of alkyl carbamates (subject to hydrolysis) is 1. The maximum atomic E-state index is 12.9. The number of aromatic nitrogens is 1. The molecule has 0 aliphatic carbocycles. The van der Waals surface area contributed by atoms with Crippen LogP contribution in [0, 0.1) is 0 Å². The lowest BCUT2D eigenvalue weighted by Gasteiger charge is -2.19. The Labute approximate surface area is 200 Å². The Morgan fingerprint density at radius 2 is 1.57 bits per heavy atom. The number of amides is 2. The zero-order valence-electron chi connectivity index (χ0n) is 18.6. The number of alkyl halides is 3. The maximum Gasteiger partial charge on any atom is 0.422 e. The van der Waals surface area contributed by atoms with E-state index in [0.29, 0.717) is 0 Å². The second-order valence-electron chi connectivity index (χ2n) is 7.54. The monoisotopic (exact) mass is 487 g/mol. The van der Waals surface area contributed by atoms with E-state index >= 15 is 0 Å². The van der Waals surface area contributed by atoms with Gasteiger partial charge in [0.25, 0.3) is 0 Å². The second-order valence-corrected chi connectivity index (χ2v) is 7.54. The first kappa shape index (κ1) is 25.5. The molecule has 2 N–H and O–H groups in total. The van der Waals surface area contributed by atoms with Gasteiger partial charge in [0.05, 0.1) is 0 Å². The number of rotatable bonds is 10. The van der Waals surface area contributed by atoms with Crippen LogP contribution in [0.5, 0.6) is 5.88 Å². The van der Waals surface area contributed by atoms with E-state index in [0.717, 1.165) is 11.1 Å². The van der Waals surface area contributed by atoms with E-state index in [-0.39, 0.29) is 31.0 Å². The first-order valence-electron chi connectivity index (χ1n) is 10.7. The lowest BCUT2D eigenvalue weighted by molar-refractivity contribution is -0.154. The number of carbonyl (C=O) groups is 2. The molecule has 10 heteroatoms. The lowest BCUT2D eigenvalue weighted by Crippen LogP contribution is -2.48. The molecular weight excluding hydrogens is 463 g/mol. The standard InChI is InChI=1S/C25H24F3N3O4/c26-25(27,28)17-35-23-20(12-7-13-29-23)15-30-22(32)21(14-18-8-3-1-4-9-18)31-24(33)34-16-19-10-5-2-6-11-19/h1-13,21H,14-17H2,(H,30,32)(H,31,33). The zero-order chi connectivity index (χ0) is 25.1. The molecule has 1 unspecified atom stereocenters. The van der Waals surface area contributed by atoms with Gasteiger partial charge < -0.3 is 20.1 Å². The van der Waals surface area contributed by atoms with Gasteiger partial charge in [-0.2, -0.15) is 13.2 Å². The SMILES string of the molecule is O=C(NC(Cc1ccccc1)C(=O)NCc1cccnc1OCC(F)(F)F)OCc1ccccc1. The van der Waals surface area contributed by atoms with Gasteiger partial charge >= 0.3 is 12.3 Å². The fourth-order valence-corrected chi connectivity index (χ4v) is 3.11. The Morgan fingerprint density at radius 3 is 2.23 bits per heavy atom. The molecule has 0 saturated heterocycles. The van der Waals surface area contributed by atoms with Crippen LogP contribution >= 0.6 is 0 Å². The summed E-state index contributed by atoms with van der Waals surface area (Å²) < 4.78 is 47.5. The van der Waals surface area contributed by atoms with Crippen molar-refractivity contribution in [1.29, 1.82) is 0 Å². The van der Waals surface area contributed by atoms with Crippen molar-refractivity contribution in [2.45, 2.75) is 31.8 Å². The predicted molar refractivity (Wildman–Crippen MR) is 121 cm³/mol. The molecule has 0 fully saturated rings. The van der Waals surface area contributed by atoms with E-state index < -0.39 is 30.8 Å². The van der Waals surface area contributed by atoms with E-state index in [9.17, 15) is 22.8 Å². The number of hydrogen-bond acceptors (Lipinski definition) is 5. The van der Waals surface area contributed by atoms with E-state index in [2.05, 4.69) is 15.6 Å². The summed E-state index contributed by atoms with van der Waals surface area (Å²) in [5.41, 5.74) is 1.84. The molecule has 0 aliphatic heterocycles. The minimum absolute atomic E-state index is 0.0297. The van der Waals surface area contributed by atoms with Crippen molar-refractivity contribution in [3.05, 3.63) is 95.7 Å². The van der Waals surface area contributed by atoms with Crippen molar-refractivity contribution in [2.75, 3.05) is 6.61 Å². The van der Waals surface area contributed by atoms with Crippen LogP contribution in [0.3, 0.4) is 0 Å². The van der Waals surface area contributed by atoms with Crippen molar-refractivity contribution in [2.24, 2.45) is 0 Å². The third-order valence-corrected chi connectivity index (χ3v) is 4.78. The van der Waals surface area contributed by atoms with Crippen molar-refractivity contribution in [3.63, 3.8) is 0 Å². The third kappa shape index (κ3) is 9.00. The molecule has 0 aliphatic rings. The van der Waals surface area contributed by atoms with Crippen LogP contribution in [0.1, 0.15) is 16.7 Å². The van der Waals surface area contributed by atoms with Crippen LogP contribution < -0.4 is 15.4 Å². The summed E-state index contributed by atoms with van der Waals surface area (Å²) in [6, 6.07) is 20.1. The van der Waals surface area contributed by atoms with Gasteiger partial charge in [-0.3, -0.25) is 4.79 Å². The van der Waals surface area contributed by atoms with Crippen molar-refractivity contribution in [1.82, 2.24) is 15.6 Å². The molecule has 2 aromatic carbocycles. The first-order chi connectivity index (χ1) is 16.8. The Bertz CT molecular complexity index is 1100. The molecule has 0 bridgehead atoms. The van der Waals surface area contributed by atoms with Gasteiger partial charge in [0, 0.05) is 24.7 Å². The minimum Gasteiger partial charge on any atom is -0.468 e. The van der Waals surface area contributed by atoms with Crippen LogP contribution in [-0.2, 0) is 29.1 Å². The quantitative estimate of drug-likeness (QED) is 0.448. The largest absolute Gasteiger partial charge is 0.468 e. The van der Waals surface area contributed by atoms with Crippen LogP contribution in [-0.4, -0.2) is 35.8 Å². The molecule has 35 heavy (non-hydrogen) atoms. The van der Waals surface area contributed by atoms with Crippen molar-refractivity contribution >= 4 is 12.0 Å². The third-order valence-electron chi connectivity index (χ3n) is 4.78. The molecule has 0 saturated carbocycles. The summed E-state index contributed by atoms with van der Waals surface area (Å²) >= 11 is 0. The molecule has 184 valence electrons. The number of nitrogens with one attached hydrogen (secondary N) is 2. The molecule has 0 spiro atoms. The fraction of sp³-hybridized carbons (Fsp3) is 0.240. The summed E-state index contributed by atoms with van der Waals surface area (Å²) in [6.07, 6.45) is -3.83. The smallest absolute Gasteiger partial charge is 0.422 e. The molecule has 0 radical (unpaired) electrons. The molecule has 1 aromatic heterocycles. The van der Waals surface area contributed by atoms with Gasteiger partial charge in [0.2, 0.25) is 11.8 Å². The minimum atomic E-state index is -4.52. The van der Waals surface area contributed by atoms with Gasteiger partial charge in [-0.25, -0.2) is 9.78 Å².